The zero-order valence-corrected chi connectivity index (χ0v) is 14.7. The third-order valence-electron chi connectivity index (χ3n) is 3.32. The summed E-state index contributed by atoms with van der Waals surface area (Å²) in [5.41, 5.74) is 2.56. The van der Waals surface area contributed by atoms with Gasteiger partial charge in [-0.2, -0.15) is 9.90 Å². The maximum Gasteiger partial charge on any atom is 0.412 e. The van der Waals surface area contributed by atoms with Crippen molar-refractivity contribution in [2.24, 2.45) is 0 Å². The fourth-order valence-corrected chi connectivity index (χ4v) is 2.24. The van der Waals surface area contributed by atoms with Crippen molar-refractivity contribution in [3.8, 4) is 0 Å². The number of carbonyl (C=O) groups is 2. The van der Waals surface area contributed by atoms with Crippen molar-refractivity contribution in [2.75, 3.05) is 11.9 Å². The van der Waals surface area contributed by atoms with Gasteiger partial charge in [0, 0.05) is 23.5 Å². The predicted molar refractivity (Wildman–Crippen MR) is 88.8 cm³/mol. The van der Waals surface area contributed by atoms with Crippen molar-refractivity contribution in [1.82, 2.24) is 30.3 Å². The third kappa shape index (κ3) is 5.23. The van der Waals surface area contributed by atoms with Gasteiger partial charge in [-0.05, 0) is 27.7 Å². The highest BCUT2D eigenvalue weighted by Gasteiger charge is 2.11. The molecule has 2 N–H and O–H groups in total. The standard InChI is InChI=1S/C15H21N7O3/c1-5-25-15(24)20-13-7-17-22(21-13)8-14(23)16-6-12-9(2)18-11(4)19-10(12)3/h7H,5-6,8H2,1-4H3,(H,16,23)(H,20,21,24). The minimum Gasteiger partial charge on any atom is -0.450 e. The van der Waals surface area contributed by atoms with Crippen LogP contribution in [0.1, 0.15) is 29.7 Å². The topological polar surface area (TPSA) is 124 Å². The molecule has 2 aromatic rings. The molecule has 2 rings (SSSR count). The average Bonchev–Trinajstić information content (AvgIpc) is 2.93. The van der Waals surface area contributed by atoms with Gasteiger partial charge in [-0.1, -0.05) is 0 Å². The normalized spacial score (nSPS) is 10.4. The number of aryl methyl sites for hydroxylation is 3. The third-order valence-corrected chi connectivity index (χ3v) is 3.32. The van der Waals surface area contributed by atoms with E-state index in [1.165, 1.54) is 11.0 Å². The number of carbonyl (C=O) groups excluding carboxylic acids is 2. The van der Waals surface area contributed by atoms with E-state index < -0.39 is 6.09 Å². The molecule has 0 radical (unpaired) electrons. The molecule has 10 nitrogen and oxygen atoms in total. The van der Waals surface area contributed by atoms with Crippen LogP contribution in [0, 0.1) is 20.8 Å². The van der Waals surface area contributed by atoms with Crippen LogP contribution in [0.2, 0.25) is 0 Å². The molecule has 25 heavy (non-hydrogen) atoms. The van der Waals surface area contributed by atoms with Crippen molar-refractivity contribution in [2.45, 2.75) is 40.8 Å². The lowest BCUT2D eigenvalue weighted by Crippen LogP contribution is -2.29. The van der Waals surface area contributed by atoms with E-state index in [1.54, 1.807) is 6.92 Å². The number of rotatable bonds is 6. The van der Waals surface area contributed by atoms with Crippen LogP contribution in [-0.2, 0) is 22.6 Å². The molecule has 0 aromatic carbocycles. The first kappa shape index (κ1) is 18.3. The Morgan fingerprint density at radius 3 is 2.52 bits per heavy atom. The van der Waals surface area contributed by atoms with E-state index in [-0.39, 0.29) is 24.9 Å². The summed E-state index contributed by atoms with van der Waals surface area (Å²) in [7, 11) is 0. The van der Waals surface area contributed by atoms with E-state index in [2.05, 4.69) is 30.8 Å². The smallest absolute Gasteiger partial charge is 0.412 e. The Labute approximate surface area is 145 Å². The summed E-state index contributed by atoms with van der Waals surface area (Å²) in [6, 6.07) is 0. The predicted octanol–water partition coefficient (Wildman–Crippen LogP) is 0.878. The number of hydrogen-bond acceptors (Lipinski definition) is 7. The molecule has 0 saturated carbocycles. The molecule has 0 atom stereocenters. The molecule has 0 saturated heterocycles. The lowest BCUT2D eigenvalue weighted by atomic mass is 10.1. The molecule has 0 spiro atoms. The molecule has 0 aliphatic heterocycles. The Kier molecular flexibility index (Phi) is 5.98. The minimum absolute atomic E-state index is 0.0741. The number of aromatic nitrogens is 5. The second-order valence-corrected chi connectivity index (χ2v) is 5.30. The van der Waals surface area contributed by atoms with Gasteiger partial charge in [-0.25, -0.2) is 14.8 Å². The highest BCUT2D eigenvalue weighted by atomic mass is 16.5. The Morgan fingerprint density at radius 2 is 1.88 bits per heavy atom. The van der Waals surface area contributed by atoms with E-state index in [1.807, 2.05) is 20.8 Å². The lowest BCUT2D eigenvalue weighted by molar-refractivity contribution is -0.122. The Morgan fingerprint density at radius 1 is 1.20 bits per heavy atom. The summed E-state index contributed by atoms with van der Waals surface area (Å²) in [4.78, 5) is 33.1. The molecular weight excluding hydrogens is 326 g/mol. The number of anilines is 1. The van der Waals surface area contributed by atoms with Gasteiger partial charge in [-0.3, -0.25) is 10.1 Å². The molecular formula is C15H21N7O3. The number of nitrogens with zero attached hydrogens (tertiary/aromatic N) is 5. The van der Waals surface area contributed by atoms with Crippen molar-refractivity contribution >= 4 is 17.8 Å². The van der Waals surface area contributed by atoms with Crippen LogP contribution in [0.25, 0.3) is 0 Å². The minimum atomic E-state index is -0.621. The maximum absolute atomic E-state index is 12.0. The van der Waals surface area contributed by atoms with Gasteiger partial charge in [0.05, 0.1) is 12.8 Å². The summed E-state index contributed by atoms with van der Waals surface area (Å²) in [5, 5.41) is 13.1. The van der Waals surface area contributed by atoms with Crippen LogP contribution in [0.4, 0.5) is 10.6 Å². The number of hydrogen-bond donors (Lipinski definition) is 2. The largest absolute Gasteiger partial charge is 0.450 e. The molecule has 0 bridgehead atoms. The van der Waals surface area contributed by atoms with Gasteiger partial charge in [0.1, 0.15) is 12.4 Å². The van der Waals surface area contributed by atoms with Gasteiger partial charge < -0.3 is 10.1 Å². The quantitative estimate of drug-likeness (QED) is 0.794. The lowest BCUT2D eigenvalue weighted by Gasteiger charge is -2.10. The number of nitrogens with one attached hydrogen (secondary N) is 2. The van der Waals surface area contributed by atoms with Gasteiger partial charge in [0.25, 0.3) is 0 Å². The average molecular weight is 347 g/mol. The molecule has 2 aromatic heterocycles. The molecule has 10 heteroatoms. The van der Waals surface area contributed by atoms with Crippen molar-refractivity contribution in [3.05, 3.63) is 29.0 Å². The van der Waals surface area contributed by atoms with Crippen LogP contribution < -0.4 is 10.6 Å². The van der Waals surface area contributed by atoms with E-state index in [0.717, 1.165) is 17.0 Å². The van der Waals surface area contributed by atoms with Gasteiger partial charge in [0.15, 0.2) is 5.82 Å². The second kappa shape index (κ2) is 8.18. The van der Waals surface area contributed by atoms with E-state index >= 15 is 0 Å². The SMILES string of the molecule is CCOC(=O)Nc1cnn(CC(=O)NCc2c(C)nc(C)nc2C)n1. The van der Waals surface area contributed by atoms with Crippen LogP contribution in [-0.4, -0.2) is 43.6 Å². The first-order chi connectivity index (χ1) is 11.9. The van der Waals surface area contributed by atoms with E-state index in [4.69, 9.17) is 4.74 Å². The first-order valence-corrected chi connectivity index (χ1v) is 7.80. The molecule has 134 valence electrons. The second-order valence-electron chi connectivity index (χ2n) is 5.30. The molecule has 2 heterocycles. The summed E-state index contributed by atoms with van der Waals surface area (Å²) in [5.74, 6) is 0.648. The molecule has 2 amide bonds. The summed E-state index contributed by atoms with van der Waals surface area (Å²) < 4.78 is 4.74. The zero-order chi connectivity index (χ0) is 18.4. The molecule has 0 fully saturated rings. The summed E-state index contributed by atoms with van der Waals surface area (Å²) in [6.07, 6.45) is 0.719. The summed E-state index contributed by atoms with van der Waals surface area (Å²) >= 11 is 0. The fraction of sp³-hybridized carbons (Fsp3) is 0.467. The van der Waals surface area contributed by atoms with Crippen LogP contribution in [0.5, 0.6) is 0 Å². The fourth-order valence-electron chi connectivity index (χ4n) is 2.24. The van der Waals surface area contributed by atoms with Gasteiger partial charge in [-0.15, -0.1) is 5.10 Å². The van der Waals surface area contributed by atoms with Crippen molar-refractivity contribution < 1.29 is 14.3 Å². The molecule has 0 aliphatic rings. The van der Waals surface area contributed by atoms with Crippen molar-refractivity contribution in [3.63, 3.8) is 0 Å². The van der Waals surface area contributed by atoms with E-state index in [9.17, 15) is 9.59 Å². The maximum atomic E-state index is 12.0. The van der Waals surface area contributed by atoms with Gasteiger partial charge in [0.2, 0.25) is 5.91 Å². The highest BCUT2D eigenvalue weighted by molar-refractivity contribution is 5.83. The Balaban J connectivity index is 1.89. The van der Waals surface area contributed by atoms with Gasteiger partial charge >= 0.3 is 6.09 Å². The van der Waals surface area contributed by atoms with E-state index in [0.29, 0.717) is 12.4 Å². The molecule has 0 aliphatic carbocycles. The first-order valence-electron chi connectivity index (χ1n) is 7.80. The monoisotopic (exact) mass is 347 g/mol. The Hall–Kier alpha value is -3.04. The zero-order valence-electron chi connectivity index (χ0n) is 14.7. The van der Waals surface area contributed by atoms with Crippen LogP contribution >= 0.6 is 0 Å². The molecule has 0 unspecified atom stereocenters. The van der Waals surface area contributed by atoms with Crippen molar-refractivity contribution in [1.29, 1.82) is 0 Å². The highest BCUT2D eigenvalue weighted by Crippen LogP contribution is 2.09. The summed E-state index contributed by atoms with van der Waals surface area (Å²) in [6.45, 7) is 7.79. The number of ether oxygens (including phenoxy) is 1. The number of amides is 2. The Bertz CT molecular complexity index is 749. The van der Waals surface area contributed by atoms with Crippen LogP contribution in [0.15, 0.2) is 6.20 Å². The van der Waals surface area contributed by atoms with Crippen LogP contribution in [0.3, 0.4) is 0 Å².